The minimum absolute atomic E-state index is 0.326. The van der Waals surface area contributed by atoms with Crippen molar-refractivity contribution in [2.45, 2.75) is 31.6 Å². The number of nitrogens with one attached hydrogen (secondary N) is 1. The molecule has 1 fully saturated rings. The minimum Gasteiger partial charge on any atom is -0.508 e. The second kappa shape index (κ2) is 9.93. The van der Waals surface area contributed by atoms with Crippen LogP contribution >= 0.6 is 0 Å². The highest BCUT2D eigenvalue weighted by atomic mass is 16.5. The molecule has 32 heavy (non-hydrogen) atoms. The fourth-order valence-electron chi connectivity index (χ4n) is 5.55. The Hall–Kier alpha value is -2.56. The van der Waals surface area contributed by atoms with Crippen LogP contribution in [0.25, 0.3) is 0 Å². The van der Waals surface area contributed by atoms with E-state index < -0.39 is 0 Å². The summed E-state index contributed by atoms with van der Waals surface area (Å²) in [5.41, 5.74) is 5.55. The zero-order valence-electron chi connectivity index (χ0n) is 18.8. The number of phenols is 1. The number of piperazine rings is 1. The van der Waals surface area contributed by atoms with Gasteiger partial charge in [-0.15, -0.1) is 0 Å². The van der Waals surface area contributed by atoms with Crippen LogP contribution in [0.5, 0.6) is 11.5 Å². The van der Waals surface area contributed by atoms with Gasteiger partial charge in [0.25, 0.3) is 0 Å². The Labute approximate surface area is 191 Å². The molecular formula is C28H34N2O2. The molecule has 2 aromatic rings. The van der Waals surface area contributed by atoms with Crippen LogP contribution in [0.15, 0.2) is 66.3 Å². The molecule has 4 nitrogen and oxygen atoms in total. The molecule has 0 unspecified atom stereocenters. The molecule has 2 atom stereocenters. The molecule has 4 heteroatoms. The molecule has 168 valence electrons. The molecule has 0 amide bonds. The third-order valence-corrected chi connectivity index (χ3v) is 7.24. The van der Waals surface area contributed by atoms with E-state index in [2.05, 4.69) is 58.8 Å². The van der Waals surface area contributed by atoms with E-state index in [-0.39, 0.29) is 0 Å². The van der Waals surface area contributed by atoms with Crippen LogP contribution in [0.3, 0.4) is 0 Å². The van der Waals surface area contributed by atoms with Gasteiger partial charge in [0.15, 0.2) is 0 Å². The van der Waals surface area contributed by atoms with Crippen molar-refractivity contribution in [3.63, 3.8) is 0 Å². The van der Waals surface area contributed by atoms with E-state index in [0.29, 0.717) is 17.6 Å². The lowest BCUT2D eigenvalue weighted by Crippen LogP contribution is -2.44. The molecule has 1 heterocycles. The number of phenolic OH excluding ortho intramolecular Hbond substituents is 1. The Morgan fingerprint density at radius 3 is 2.66 bits per heavy atom. The highest BCUT2D eigenvalue weighted by Gasteiger charge is 2.33. The lowest BCUT2D eigenvalue weighted by molar-refractivity contribution is 0.191. The summed E-state index contributed by atoms with van der Waals surface area (Å²) >= 11 is 0. The van der Waals surface area contributed by atoms with Crippen LogP contribution in [0.1, 0.15) is 41.9 Å². The molecular weight excluding hydrogens is 396 g/mol. The van der Waals surface area contributed by atoms with Gasteiger partial charge < -0.3 is 15.2 Å². The third kappa shape index (κ3) is 4.77. The van der Waals surface area contributed by atoms with Crippen molar-refractivity contribution in [1.82, 2.24) is 10.2 Å². The van der Waals surface area contributed by atoms with Crippen LogP contribution in [0.2, 0.25) is 0 Å². The number of aryl methyl sites for hydroxylation is 1. The zero-order chi connectivity index (χ0) is 21.8. The standard InChI is InChI=1S/C28H34N2O2/c31-24-9-13-27-23(20-24)8-12-26(21-4-2-1-3-5-21)28(27)22-6-10-25(11-7-22)32-19-18-30-16-14-29-15-17-30/h1-2,4,6-7,9-11,13,20,26,28-29,31H,3,5,8,12,14-19H2/t26-,28+/m1/s1. The van der Waals surface area contributed by atoms with Gasteiger partial charge in [-0.1, -0.05) is 42.0 Å². The number of ether oxygens (including phenoxy) is 1. The van der Waals surface area contributed by atoms with Crippen molar-refractivity contribution in [3.8, 4) is 11.5 Å². The fraction of sp³-hybridized carbons (Fsp3) is 0.429. The average Bonchev–Trinajstić information content (AvgIpc) is 2.85. The van der Waals surface area contributed by atoms with Crippen LogP contribution in [-0.2, 0) is 6.42 Å². The Morgan fingerprint density at radius 2 is 1.88 bits per heavy atom. The molecule has 0 saturated carbocycles. The van der Waals surface area contributed by atoms with E-state index in [0.717, 1.165) is 70.8 Å². The molecule has 5 rings (SSSR count). The van der Waals surface area contributed by atoms with Crippen LogP contribution in [0.4, 0.5) is 0 Å². The monoisotopic (exact) mass is 430 g/mol. The predicted molar refractivity (Wildman–Crippen MR) is 129 cm³/mol. The molecule has 2 N–H and O–H groups in total. The number of allylic oxidation sites excluding steroid dienone is 4. The maximum Gasteiger partial charge on any atom is 0.119 e. The summed E-state index contributed by atoms with van der Waals surface area (Å²) < 4.78 is 6.06. The van der Waals surface area contributed by atoms with Crippen molar-refractivity contribution in [2.75, 3.05) is 39.3 Å². The number of fused-ring (bicyclic) bond motifs is 1. The SMILES string of the molecule is Oc1ccc2c(c1)CC[C@H](C1=CC=CCC1)[C@@H]2c1ccc(OCCN2CCNCC2)cc1. The van der Waals surface area contributed by atoms with Gasteiger partial charge in [0, 0.05) is 38.6 Å². The fourth-order valence-corrected chi connectivity index (χ4v) is 5.55. The van der Waals surface area contributed by atoms with Crippen LogP contribution < -0.4 is 10.1 Å². The topological polar surface area (TPSA) is 44.7 Å². The lowest BCUT2D eigenvalue weighted by atomic mass is 9.68. The van der Waals surface area contributed by atoms with E-state index in [1.807, 2.05) is 12.1 Å². The first-order chi connectivity index (χ1) is 15.8. The van der Waals surface area contributed by atoms with E-state index in [9.17, 15) is 5.11 Å². The molecule has 0 aromatic heterocycles. The van der Waals surface area contributed by atoms with Gasteiger partial charge in [-0.05, 0) is 72.6 Å². The summed E-state index contributed by atoms with van der Waals surface area (Å²) in [7, 11) is 0. The first-order valence-electron chi connectivity index (χ1n) is 12.1. The summed E-state index contributed by atoms with van der Waals surface area (Å²) in [6.07, 6.45) is 11.3. The lowest BCUT2D eigenvalue weighted by Gasteiger charge is -2.36. The predicted octanol–water partition coefficient (Wildman–Crippen LogP) is 4.65. The molecule has 2 aliphatic carbocycles. The molecule has 3 aliphatic rings. The summed E-state index contributed by atoms with van der Waals surface area (Å²) in [6, 6.07) is 14.7. The van der Waals surface area contributed by atoms with Gasteiger partial charge in [-0.25, -0.2) is 0 Å². The van der Waals surface area contributed by atoms with Crippen molar-refractivity contribution in [2.24, 2.45) is 5.92 Å². The third-order valence-electron chi connectivity index (χ3n) is 7.24. The van der Waals surface area contributed by atoms with Crippen molar-refractivity contribution in [3.05, 3.63) is 83.0 Å². The zero-order valence-corrected chi connectivity index (χ0v) is 18.8. The number of nitrogens with zero attached hydrogens (tertiary/aromatic N) is 1. The number of hydrogen-bond donors (Lipinski definition) is 2. The van der Waals surface area contributed by atoms with Gasteiger partial charge in [-0.3, -0.25) is 4.90 Å². The number of aromatic hydroxyl groups is 1. The molecule has 0 bridgehead atoms. The summed E-state index contributed by atoms with van der Waals surface area (Å²) in [4.78, 5) is 2.45. The van der Waals surface area contributed by atoms with Crippen molar-refractivity contribution < 1.29 is 9.84 Å². The van der Waals surface area contributed by atoms with E-state index in [1.54, 1.807) is 5.57 Å². The van der Waals surface area contributed by atoms with E-state index in [4.69, 9.17) is 4.74 Å². The first-order valence-corrected chi connectivity index (χ1v) is 12.1. The highest BCUT2D eigenvalue weighted by Crippen LogP contribution is 2.46. The van der Waals surface area contributed by atoms with E-state index >= 15 is 0 Å². The maximum atomic E-state index is 10.0. The highest BCUT2D eigenvalue weighted by molar-refractivity contribution is 5.47. The molecule has 2 aromatic carbocycles. The van der Waals surface area contributed by atoms with Gasteiger partial charge >= 0.3 is 0 Å². The average molecular weight is 431 g/mol. The van der Waals surface area contributed by atoms with Gasteiger partial charge in [0.1, 0.15) is 18.1 Å². The number of hydrogen-bond acceptors (Lipinski definition) is 4. The second-order valence-electron chi connectivity index (χ2n) is 9.22. The summed E-state index contributed by atoms with van der Waals surface area (Å²) in [5, 5.41) is 13.4. The van der Waals surface area contributed by atoms with Crippen molar-refractivity contribution in [1.29, 1.82) is 0 Å². The Morgan fingerprint density at radius 1 is 1.03 bits per heavy atom. The van der Waals surface area contributed by atoms with Gasteiger partial charge in [-0.2, -0.15) is 0 Å². The van der Waals surface area contributed by atoms with Gasteiger partial charge in [0.05, 0.1) is 0 Å². The smallest absolute Gasteiger partial charge is 0.119 e. The molecule has 1 saturated heterocycles. The summed E-state index contributed by atoms with van der Waals surface area (Å²) in [5.74, 6) is 2.15. The Kier molecular flexibility index (Phi) is 6.61. The number of rotatable bonds is 6. The largest absolute Gasteiger partial charge is 0.508 e. The quantitative estimate of drug-likeness (QED) is 0.700. The van der Waals surface area contributed by atoms with Gasteiger partial charge in [0.2, 0.25) is 0 Å². The first kappa shape index (κ1) is 21.3. The molecule has 0 spiro atoms. The minimum atomic E-state index is 0.326. The maximum absolute atomic E-state index is 10.0. The summed E-state index contributed by atoms with van der Waals surface area (Å²) in [6.45, 7) is 6.06. The number of benzene rings is 2. The Balaban J connectivity index is 1.34. The Bertz CT molecular complexity index is 973. The second-order valence-corrected chi connectivity index (χ2v) is 9.22. The van der Waals surface area contributed by atoms with Crippen LogP contribution in [-0.4, -0.2) is 49.3 Å². The van der Waals surface area contributed by atoms with E-state index in [1.165, 1.54) is 16.7 Å². The normalized spacial score (nSPS) is 23.4. The van der Waals surface area contributed by atoms with Crippen molar-refractivity contribution >= 4 is 0 Å². The molecule has 1 aliphatic heterocycles. The molecule has 0 radical (unpaired) electrons. The van der Waals surface area contributed by atoms with Crippen LogP contribution in [0, 0.1) is 5.92 Å².